The summed E-state index contributed by atoms with van der Waals surface area (Å²) < 4.78 is 5.09. The van der Waals surface area contributed by atoms with E-state index in [1.807, 2.05) is 0 Å². The van der Waals surface area contributed by atoms with Crippen LogP contribution in [0.5, 0.6) is 0 Å². The minimum atomic E-state index is -0.795. The van der Waals surface area contributed by atoms with Crippen molar-refractivity contribution in [3.05, 3.63) is 0 Å². The van der Waals surface area contributed by atoms with Crippen molar-refractivity contribution in [2.75, 3.05) is 6.61 Å². The monoisotopic (exact) mass is 164 g/mol. The van der Waals surface area contributed by atoms with Gasteiger partial charge in [-0.1, -0.05) is 0 Å². The lowest BCUT2D eigenvalue weighted by atomic mass is 10.0. The summed E-state index contributed by atoms with van der Waals surface area (Å²) >= 11 is 4.02. The minimum Gasteiger partial charge on any atom is -0.389 e. The average Bonchev–Trinajstić information content (AvgIpc) is 1.93. The van der Waals surface area contributed by atoms with Gasteiger partial charge in [-0.05, 0) is 6.92 Å². The number of hydrogen-bond acceptors (Lipinski definition) is 4. The van der Waals surface area contributed by atoms with Gasteiger partial charge in [0.1, 0.15) is 6.10 Å². The number of aliphatic hydroxyl groups is 2. The Morgan fingerprint density at radius 3 is 2.50 bits per heavy atom. The van der Waals surface area contributed by atoms with Crippen LogP contribution in [0, 0.1) is 0 Å². The summed E-state index contributed by atoms with van der Waals surface area (Å²) in [6, 6.07) is 0. The van der Waals surface area contributed by atoms with Gasteiger partial charge in [-0.3, -0.25) is 0 Å². The normalized spacial score (nSPS) is 49.2. The molecule has 0 aromatic carbocycles. The van der Waals surface area contributed by atoms with Crippen LogP contribution in [0.4, 0.5) is 0 Å². The van der Waals surface area contributed by atoms with Crippen LogP contribution in [-0.2, 0) is 4.74 Å². The molecular formula is C6H12O3S. The van der Waals surface area contributed by atoms with Crippen molar-refractivity contribution in [2.24, 2.45) is 0 Å². The van der Waals surface area contributed by atoms with E-state index in [2.05, 4.69) is 12.6 Å². The Morgan fingerprint density at radius 1 is 1.40 bits per heavy atom. The van der Waals surface area contributed by atoms with Crippen LogP contribution in [0.15, 0.2) is 0 Å². The van der Waals surface area contributed by atoms with E-state index in [0.717, 1.165) is 0 Å². The number of hydrogen-bond donors (Lipinski definition) is 3. The van der Waals surface area contributed by atoms with Crippen molar-refractivity contribution in [3.63, 3.8) is 0 Å². The van der Waals surface area contributed by atoms with Crippen LogP contribution in [0.3, 0.4) is 0 Å². The standard InChI is InChI=1S/C6H12O3S/c1-3-5(7)6(8)4(10)2-9-3/h3-8,10H,2H2,1H3. The van der Waals surface area contributed by atoms with Gasteiger partial charge in [-0.2, -0.15) is 12.6 Å². The fraction of sp³-hybridized carbons (Fsp3) is 1.00. The fourth-order valence-corrected chi connectivity index (χ4v) is 1.22. The second-order valence-corrected chi connectivity index (χ2v) is 3.25. The average molecular weight is 164 g/mol. The zero-order chi connectivity index (χ0) is 7.72. The maximum atomic E-state index is 9.21. The van der Waals surface area contributed by atoms with Crippen LogP contribution in [-0.4, -0.2) is 40.4 Å². The van der Waals surface area contributed by atoms with Crippen LogP contribution in [0.2, 0.25) is 0 Å². The van der Waals surface area contributed by atoms with E-state index in [9.17, 15) is 10.2 Å². The van der Waals surface area contributed by atoms with E-state index in [0.29, 0.717) is 6.61 Å². The summed E-state index contributed by atoms with van der Waals surface area (Å²) in [6.07, 6.45) is -1.83. The van der Waals surface area contributed by atoms with E-state index >= 15 is 0 Å². The molecule has 0 saturated carbocycles. The molecule has 4 unspecified atom stereocenters. The van der Waals surface area contributed by atoms with E-state index in [-0.39, 0.29) is 11.4 Å². The zero-order valence-corrected chi connectivity index (χ0v) is 6.66. The Balaban J connectivity index is 2.52. The summed E-state index contributed by atoms with van der Waals surface area (Å²) in [5, 5.41) is 18.1. The van der Waals surface area contributed by atoms with Gasteiger partial charge in [-0.15, -0.1) is 0 Å². The lowest BCUT2D eigenvalue weighted by Crippen LogP contribution is -2.49. The quantitative estimate of drug-likeness (QED) is 0.420. The van der Waals surface area contributed by atoms with Gasteiger partial charge in [0.15, 0.2) is 0 Å². The van der Waals surface area contributed by atoms with Gasteiger partial charge < -0.3 is 14.9 Å². The van der Waals surface area contributed by atoms with Gasteiger partial charge in [0, 0.05) is 0 Å². The zero-order valence-electron chi connectivity index (χ0n) is 5.77. The maximum absolute atomic E-state index is 9.21. The predicted molar refractivity (Wildman–Crippen MR) is 40.2 cm³/mol. The van der Waals surface area contributed by atoms with E-state index in [4.69, 9.17) is 4.74 Å². The SMILES string of the molecule is CC1OCC(S)C(O)C1O. The predicted octanol–water partition coefficient (Wildman–Crippen LogP) is -0.575. The molecule has 0 aromatic rings. The van der Waals surface area contributed by atoms with E-state index in [1.165, 1.54) is 0 Å². The summed E-state index contributed by atoms with van der Waals surface area (Å²) in [5.74, 6) is 0. The Bertz CT molecular complexity index is 106. The van der Waals surface area contributed by atoms with Gasteiger partial charge in [0.05, 0.1) is 24.1 Å². The highest BCUT2D eigenvalue weighted by Crippen LogP contribution is 2.18. The van der Waals surface area contributed by atoms with Crippen LogP contribution < -0.4 is 0 Å². The molecule has 1 fully saturated rings. The molecule has 0 spiro atoms. The summed E-state index contributed by atoms with van der Waals surface area (Å²) in [4.78, 5) is 0. The molecule has 0 radical (unpaired) electrons. The highest BCUT2D eigenvalue weighted by molar-refractivity contribution is 7.81. The van der Waals surface area contributed by atoms with Crippen molar-refractivity contribution in [2.45, 2.75) is 30.5 Å². The highest BCUT2D eigenvalue weighted by atomic mass is 32.1. The molecule has 0 aromatic heterocycles. The summed E-state index contributed by atoms with van der Waals surface area (Å²) in [5.41, 5.74) is 0. The molecule has 0 bridgehead atoms. The second kappa shape index (κ2) is 3.09. The molecule has 10 heavy (non-hydrogen) atoms. The Morgan fingerprint density at radius 2 is 2.00 bits per heavy atom. The van der Waals surface area contributed by atoms with Crippen LogP contribution >= 0.6 is 12.6 Å². The Kier molecular flexibility index (Phi) is 2.57. The molecule has 1 aliphatic rings. The summed E-state index contributed by atoms with van der Waals surface area (Å²) in [6.45, 7) is 2.13. The molecule has 2 N–H and O–H groups in total. The second-order valence-electron chi connectivity index (χ2n) is 2.59. The first-order chi connectivity index (χ1) is 4.63. The first kappa shape index (κ1) is 8.33. The number of ether oxygens (including phenoxy) is 1. The lowest BCUT2D eigenvalue weighted by molar-refractivity contribution is -0.122. The van der Waals surface area contributed by atoms with Crippen molar-refractivity contribution in [1.29, 1.82) is 0 Å². The van der Waals surface area contributed by atoms with Crippen molar-refractivity contribution >= 4 is 12.6 Å². The molecule has 3 nitrogen and oxygen atoms in total. The van der Waals surface area contributed by atoms with Gasteiger partial charge >= 0.3 is 0 Å². The topological polar surface area (TPSA) is 49.7 Å². The van der Waals surface area contributed by atoms with Crippen molar-refractivity contribution < 1.29 is 14.9 Å². The van der Waals surface area contributed by atoms with E-state index in [1.54, 1.807) is 6.92 Å². The molecule has 0 aliphatic carbocycles. The third-order valence-corrected chi connectivity index (χ3v) is 2.21. The molecule has 60 valence electrons. The van der Waals surface area contributed by atoms with Crippen LogP contribution in [0.1, 0.15) is 6.92 Å². The third-order valence-electron chi connectivity index (χ3n) is 1.75. The Hall–Kier alpha value is 0.230. The van der Waals surface area contributed by atoms with Gasteiger partial charge in [0.2, 0.25) is 0 Å². The summed E-state index contributed by atoms with van der Waals surface area (Å²) in [7, 11) is 0. The first-order valence-electron chi connectivity index (χ1n) is 3.28. The van der Waals surface area contributed by atoms with Crippen LogP contribution in [0.25, 0.3) is 0 Å². The molecule has 1 aliphatic heterocycles. The highest BCUT2D eigenvalue weighted by Gasteiger charge is 2.33. The van der Waals surface area contributed by atoms with Crippen molar-refractivity contribution in [3.8, 4) is 0 Å². The molecule has 0 amide bonds. The molecule has 4 heteroatoms. The largest absolute Gasteiger partial charge is 0.389 e. The molecular weight excluding hydrogens is 152 g/mol. The number of aliphatic hydroxyl groups excluding tert-OH is 2. The molecule has 1 heterocycles. The van der Waals surface area contributed by atoms with Gasteiger partial charge in [-0.25, -0.2) is 0 Å². The minimum absolute atomic E-state index is 0.258. The number of rotatable bonds is 0. The first-order valence-corrected chi connectivity index (χ1v) is 3.80. The molecule has 4 atom stereocenters. The molecule has 1 rings (SSSR count). The Labute approximate surface area is 65.4 Å². The lowest BCUT2D eigenvalue weighted by Gasteiger charge is -2.33. The number of thiol groups is 1. The van der Waals surface area contributed by atoms with Gasteiger partial charge in [0.25, 0.3) is 0 Å². The maximum Gasteiger partial charge on any atom is 0.107 e. The van der Waals surface area contributed by atoms with Crippen molar-refractivity contribution in [1.82, 2.24) is 0 Å². The van der Waals surface area contributed by atoms with E-state index < -0.39 is 12.2 Å². The third kappa shape index (κ3) is 1.45. The smallest absolute Gasteiger partial charge is 0.107 e. The fourth-order valence-electron chi connectivity index (χ4n) is 0.953. The molecule has 1 saturated heterocycles.